The highest BCUT2D eigenvalue weighted by Gasteiger charge is 2.23. The fourth-order valence-electron chi connectivity index (χ4n) is 2.82. The van der Waals surface area contributed by atoms with Gasteiger partial charge in [-0.3, -0.25) is 0 Å². The van der Waals surface area contributed by atoms with E-state index in [9.17, 15) is 0 Å². The Morgan fingerprint density at radius 3 is 2.53 bits per heavy atom. The van der Waals surface area contributed by atoms with Gasteiger partial charge < -0.3 is 14.8 Å². The van der Waals surface area contributed by atoms with Crippen LogP contribution in [0.15, 0.2) is 6.07 Å². The Morgan fingerprint density at radius 1 is 1.24 bits per heavy atom. The van der Waals surface area contributed by atoms with Crippen molar-refractivity contribution in [2.45, 2.75) is 32.7 Å². The molecule has 0 spiro atoms. The van der Waals surface area contributed by atoms with E-state index in [0.29, 0.717) is 6.04 Å². The standard InChI is InChI=1S/C14H21NO2/c1-9-8-12(16-3)14(17-4)10(2)13(9)11-6-5-7-15-11/h8,11,15H,5-7H2,1-4H3. The van der Waals surface area contributed by atoms with Crippen LogP contribution in [0.5, 0.6) is 11.5 Å². The van der Waals surface area contributed by atoms with Crippen molar-refractivity contribution in [1.82, 2.24) is 5.32 Å². The first-order valence-electron chi connectivity index (χ1n) is 6.14. The first-order chi connectivity index (χ1) is 8.19. The summed E-state index contributed by atoms with van der Waals surface area (Å²) in [5.74, 6) is 1.69. The molecular formula is C14H21NO2. The van der Waals surface area contributed by atoms with Crippen molar-refractivity contribution in [3.63, 3.8) is 0 Å². The molecule has 3 nitrogen and oxygen atoms in total. The van der Waals surface area contributed by atoms with Crippen LogP contribution in [0, 0.1) is 13.8 Å². The number of nitrogens with one attached hydrogen (secondary N) is 1. The third-order valence-corrected chi connectivity index (χ3v) is 3.57. The lowest BCUT2D eigenvalue weighted by Crippen LogP contribution is -2.16. The van der Waals surface area contributed by atoms with E-state index in [1.54, 1.807) is 14.2 Å². The molecule has 1 N–H and O–H groups in total. The largest absolute Gasteiger partial charge is 0.493 e. The Labute approximate surface area is 103 Å². The smallest absolute Gasteiger partial charge is 0.163 e. The van der Waals surface area contributed by atoms with Crippen molar-refractivity contribution in [1.29, 1.82) is 0 Å². The monoisotopic (exact) mass is 235 g/mol. The average molecular weight is 235 g/mol. The van der Waals surface area contributed by atoms with Crippen LogP contribution in [-0.4, -0.2) is 20.8 Å². The Hall–Kier alpha value is -1.22. The molecule has 0 saturated carbocycles. The molecule has 1 aromatic carbocycles. The zero-order chi connectivity index (χ0) is 12.4. The van der Waals surface area contributed by atoms with E-state index < -0.39 is 0 Å². The maximum atomic E-state index is 5.47. The minimum atomic E-state index is 0.467. The van der Waals surface area contributed by atoms with E-state index in [4.69, 9.17) is 9.47 Å². The summed E-state index contributed by atoms with van der Waals surface area (Å²) in [6.45, 7) is 5.37. The second kappa shape index (κ2) is 4.96. The molecule has 1 aliphatic rings. The van der Waals surface area contributed by atoms with Crippen LogP contribution in [0.1, 0.15) is 35.6 Å². The van der Waals surface area contributed by atoms with Crippen LogP contribution in [0.2, 0.25) is 0 Å². The second-order valence-electron chi connectivity index (χ2n) is 4.62. The summed E-state index contributed by atoms with van der Waals surface area (Å²) in [5.41, 5.74) is 3.85. The van der Waals surface area contributed by atoms with Gasteiger partial charge in [-0.2, -0.15) is 0 Å². The quantitative estimate of drug-likeness (QED) is 0.874. The molecule has 3 heteroatoms. The van der Waals surface area contributed by atoms with E-state index >= 15 is 0 Å². The molecule has 1 heterocycles. The third kappa shape index (κ3) is 2.12. The van der Waals surface area contributed by atoms with Crippen molar-refractivity contribution in [2.75, 3.05) is 20.8 Å². The summed E-state index contributed by atoms with van der Waals surface area (Å²) < 4.78 is 10.8. The van der Waals surface area contributed by atoms with Crippen LogP contribution >= 0.6 is 0 Å². The summed E-state index contributed by atoms with van der Waals surface area (Å²) in [5, 5.41) is 3.55. The Kier molecular flexibility index (Phi) is 3.57. The molecule has 1 unspecified atom stereocenters. The number of hydrogen-bond acceptors (Lipinski definition) is 3. The summed E-state index contributed by atoms with van der Waals surface area (Å²) in [6.07, 6.45) is 2.45. The van der Waals surface area contributed by atoms with Crippen LogP contribution in [0.25, 0.3) is 0 Å². The van der Waals surface area contributed by atoms with Gasteiger partial charge in [0.1, 0.15) is 0 Å². The minimum Gasteiger partial charge on any atom is -0.493 e. The Morgan fingerprint density at radius 2 is 2.00 bits per heavy atom. The van der Waals surface area contributed by atoms with Crippen LogP contribution in [0.3, 0.4) is 0 Å². The van der Waals surface area contributed by atoms with Gasteiger partial charge in [0.05, 0.1) is 14.2 Å². The molecule has 0 bridgehead atoms. The van der Waals surface area contributed by atoms with Gasteiger partial charge in [-0.15, -0.1) is 0 Å². The molecule has 1 aromatic rings. The third-order valence-electron chi connectivity index (χ3n) is 3.57. The maximum Gasteiger partial charge on any atom is 0.163 e. The summed E-state index contributed by atoms with van der Waals surface area (Å²) in [6, 6.07) is 2.54. The molecule has 1 saturated heterocycles. The molecule has 94 valence electrons. The highest BCUT2D eigenvalue weighted by atomic mass is 16.5. The number of rotatable bonds is 3. The lowest BCUT2D eigenvalue weighted by atomic mass is 9.94. The van der Waals surface area contributed by atoms with Gasteiger partial charge in [-0.25, -0.2) is 0 Å². The molecule has 1 fully saturated rings. The number of aryl methyl sites for hydroxylation is 1. The van der Waals surface area contributed by atoms with Crippen molar-refractivity contribution < 1.29 is 9.47 Å². The van der Waals surface area contributed by atoms with Gasteiger partial charge in [-0.05, 0) is 56.0 Å². The Bertz CT molecular complexity index is 409. The first-order valence-corrected chi connectivity index (χ1v) is 6.14. The van der Waals surface area contributed by atoms with E-state index in [2.05, 4.69) is 25.2 Å². The van der Waals surface area contributed by atoms with Gasteiger partial charge >= 0.3 is 0 Å². The molecule has 2 rings (SSSR count). The molecule has 0 aliphatic carbocycles. The van der Waals surface area contributed by atoms with Crippen molar-refractivity contribution in [2.24, 2.45) is 0 Å². The average Bonchev–Trinajstić information content (AvgIpc) is 2.82. The van der Waals surface area contributed by atoms with E-state index in [1.807, 2.05) is 0 Å². The lowest BCUT2D eigenvalue weighted by molar-refractivity contribution is 0.351. The predicted octanol–water partition coefficient (Wildman–Crippen LogP) is 2.75. The van der Waals surface area contributed by atoms with Gasteiger partial charge in [-0.1, -0.05) is 0 Å². The molecule has 1 aliphatic heterocycles. The second-order valence-corrected chi connectivity index (χ2v) is 4.62. The van der Waals surface area contributed by atoms with Gasteiger partial charge in [0.25, 0.3) is 0 Å². The minimum absolute atomic E-state index is 0.467. The fraction of sp³-hybridized carbons (Fsp3) is 0.571. The predicted molar refractivity (Wildman–Crippen MR) is 69.0 cm³/mol. The van der Waals surface area contributed by atoms with Crippen LogP contribution in [0.4, 0.5) is 0 Å². The normalized spacial score (nSPS) is 19.4. The van der Waals surface area contributed by atoms with E-state index in [1.165, 1.54) is 29.5 Å². The van der Waals surface area contributed by atoms with Crippen molar-refractivity contribution >= 4 is 0 Å². The SMILES string of the molecule is COc1cc(C)c(C2CCCN2)c(C)c1OC. The molecule has 0 aromatic heterocycles. The van der Waals surface area contributed by atoms with Crippen LogP contribution in [-0.2, 0) is 0 Å². The number of benzene rings is 1. The van der Waals surface area contributed by atoms with Crippen molar-refractivity contribution in [3.8, 4) is 11.5 Å². The van der Waals surface area contributed by atoms with E-state index in [0.717, 1.165) is 18.0 Å². The molecule has 17 heavy (non-hydrogen) atoms. The van der Waals surface area contributed by atoms with Gasteiger partial charge in [0.2, 0.25) is 0 Å². The number of ether oxygens (including phenoxy) is 2. The van der Waals surface area contributed by atoms with E-state index in [-0.39, 0.29) is 0 Å². The van der Waals surface area contributed by atoms with Gasteiger partial charge in [0.15, 0.2) is 11.5 Å². The Balaban J connectivity index is 2.51. The zero-order valence-corrected chi connectivity index (χ0v) is 11.1. The van der Waals surface area contributed by atoms with Crippen LogP contribution < -0.4 is 14.8 Å². The zero-order valence-electron chi connectivity index (χ0n) is 11.1. The number of methoxy groups -OCH3 is 2. The molecular weight excluding hydrogens is 214 g/mol. The molecule has 0 amide bonds. The van der Waals surface area contributed by atoms with Crippen molar-refractivity contribution in [3.05, 3.63) is 22.8 Å². The summed E-state index contributed by atoms with van der Waals surface area (Å²) >= 11 is 0. The topological polar surface area (TPSA) is 30.5 Å². The number of hydrogen-bond donors (Lipinski definition) is 1. The van der Waals surface area contributed by atoms with Gasteiger partial charge in [0, 0.05) is 6.04 Å². The maximum absolute atomic E-state index is 5.47. The summed E-state index contributed by atoms with van der Waals surface area (Å²) in [7, 11) is 3.39. The highest BCUT2D eigenvalue weighted by molar-refractivity contribution is 5.54. The molecule has 0 radical (unpaired) electrons. The highest BCUT2D eigenvalue weighted by Crippen LogP contribution is 2.39. The molecule has 1 atom stereocenters. The summed E-state index contributed by atoms with van der Waals surface area (Å²) in [4.78, 5) is 0. The fourth-order valence-corrected chi connectivity index (χ4v) is 2.82. The first kappa shape index (κ1) is 12.2. The lowest BCUT2D eigenvalue weighted by Gasteiger charge is -2.21.